The summed E-state index contributed by atoms with van der Waals surface area (Å²) in [6.07, 6.45) is 7.11. The third kappa shape index (κ3) is 4.82. The Kier molecular flexibility index (Phi) is 7.41. The Morgan fingerprint density at radius 3 is 2.41 bits per heavy atom. The first-order chi connectivity index (χ1) is 10.8. The molecule has 0 bridgehead atoms. The molecule has 1 aromatic rings. The summed E-state index contributed by atoms with van der Waals surface area (Å²) in [5, 5.41) is 0. The number of rotatable bonds is 8. The van der Waals surface area contributed by atoms with Gasteiger partial charge in [0.05, 0.1) is 25.8 Å². The smallest absolute Gasteiger partial charge is 0.101 e. The van der Waals surface area contributed by atoms with Gasteiger partial charge in [-0.2, -0.15) is 0 Å². The quantitative estimate of drug-likeness (QED) is 0.775. The van der Waals surface area contributed by atoms with Gasteiger partial charge in [0.15, 0.2) is 0 Å². The van der Waals surface area contributed by atoms with E-state index < -0.39 is 0 Å². The first-order valence-corrected chi connectivity index (χ1v) is 9.27. The van der Waals surface area contributed by atoms with Gasteiger partial charge in [-0.05, 0) is 50.7 Å². The molecule has 0 aromatic heterocycles. The molecule has 0 unspecified atom stereocenters. The number of hydrogen-bond donors (Lipinski definition) is 1. The van der Waals surface area contributed by atoms with Gasteiger partial charge in [0.25, 0.3) is 0 Å². The molecule has 0 saturated heterocycles. The molecule has 1 aliphatic carbocycles. The lowest BCUT2D eigenvalue weighted by molar-refractivity contribution is -0.896. The van der Waals surface area contributed by atoms with E-state index in [0.29, 0.717) is 12.0 Å². The lowest BCUT2D eigenvalue weighted by Crippen LogP contribution is -3.11. The van der Waals surface area contributed by atoms with Crippen molar-refractivity contribution in [3.8, 4) is 0 Å². The Labute approximate surface area is 136 Å². The van der Waals surface area contributed by atoms with Crippen LogP contribution in [0.15, 0.2) is 24.3 Å². The molecule has 124 valence electrons. The maximum atomic E-state index is 6.46. The molecule has 22 heavy (non-hydrogen) atoms. The van der Waals surface area contributed by atoms with Crippen molar-refractivity contribution in [3.05, 3.63) is 35.4 Å². The van der Waals surface area contributed by atoms with Gasteiger partial charge in [-0.1, -0.05) is 43.5 Å². The molecule has 2 rings (SSSR count). The second-order valence-corrected chi connectivity index (χ2v) is 6.75. The Hall–Kier alpha value is -0.860. The molecule has 2 nitrogen and oxygen atoms in total. The maximum absolute atomic E-state index is 6.46. The molecule has 0 spiro atoms. The van der Waals surface area contributed by atoms with Crippen LogP contribution in [-0.2, 0) is 4.74 Å². The summed E-state index contributed by atoms with van der Waals surface area (Å²) in [6, 6.07) is 8.80. The molecule has 2 heteroatoms. The van der Waals surface area contributed by atoms with Crippen LogP contribution < -0.4 is 4.90 Å². The van der Waals surface area contributed by atoms with E-state index in [4.69, 9.17) is 4.74 Å². The van der Waals surface area contributed by atoms with Crippen LogP contribution in [0.25, 0.3) is 0 Å². The summed E-state index contributed by atoms with van der Waals surface area (Å²) in [7, 11) is 0. The summed E-state index contributed by atoms with van der Waals surface area (Å²) < 4.78 is 6.46. The SMILES string of the molecule is CC[NH+](CC)CCO[C@H](c1ccccc1C)C1CCCCC1. The van der Waals surface area contributed by atoms with Gasteiger partial charge >= 0.3 is 0 Å². The zero-order valence-corrected chi connectivity index (χ0v) is 14.7. The highest BCUT2D eigenvalue weighted by Crippen LogP contribution is 2.37. The van der Waals surface area contributed by atoms with Crippen LogP contribution in [0, 0.1) is 12.8 Å². The van der Waals surface area contributed by atoms with Crippen molar-refractivity contribution in [1.29, 1.82) is 0 Å². The minimum Gasteiger partial charge on any atom is -0.367 e. The minimum absolute atomic E-state index is 0.302. The summed E-state index contributed by atoms with van der Waals surface area (Å²) >= 11 is 0. The van der Waals surface area contributed by atoms with Crippen molar-refractivity contribution < 1.29 is 9.64 Å². The van der Waals surface area contributed by atoms with Crippen LogP contribution in [0.3, 0.4) is 0 Å². The number of nitrogens with one attached hydrogen (secondary N) is 1. The van der Waals surface area contributed by atoms with Gasteiger partial charge < -0.3 is 9.64 Å². The summed E-state index contributed by atoms with van der Waals surface area (Å²) in [5.74, 6) is 0.710. The predicted octanol–water partition coefficient (Wildman–Crippen LogP) is 3.56. The van der Waals surface area contributed by atoms with Crippen molar-refractivity contribution >= 4 is 0 Å². The number of hydrogen-bond acceptors (Lipinski definition) is 1. The second kappa shape index (κ2) is 9.32. The summed E-state index contributed by atoms with van der Waals surface area (Å²) in [5.41, 5.74) is 2.80. The van der Waals surface area contributed by atoms with Gasteiger partial charge in [0, 0.05) is 0 Å². The summed E-state index contributed by atoms with van der Waals surface area (Å²) in [4.78, 5) is 1.63. The predicted molar refractivity (Wildman–Crippen MR) is 93.4 cm³/mol. The third-order valence-electron chi connectivity index (χ3n) is 5.33. The Balaban J connectivity index is 2.03. The van der Waals surface area contributed by atoms with Crippen LogP contribution in [-0.4, -0.2) is 26.2 Å². The largest absolute Gasteiger partial charge is 0.367 e. The van der Waals surface area contributed by atoms with E-state index in [2.05, 4.69) is 45.0 Å². The van der Waals surface area contributed by atoms with E-state index in [9.17, 15) is 0 Å². The molecule has 0 aliphatic heterocycles. The van der Waals surface area contributed by atoms with Gasteiger partial charge in [-0.25, -0.2) is 0 Å². The monoisotopic (exact) mass is 304 g/mol. The molecule has 1 aliphatic rings. The van der Waals surface area contributed by atoms with Crippen molar-refractivity contribution in [1.82, 2.24) is 0 Å². The Bertz CT molecular complexity index is 421. The van der Waals surface area contributed by atoms with Crippen LogP contribution in [0.2, 0.25) is 0 Å². The second-order valence-electron chi connectivity index (χ2n) is 6.75. The number of quaternary nitrogens is 1. The standard InChI is InChI=1S/C20H33NO/c1-4-21(5-2)15-16-22-20(18-12-7-6-8-13-18)19-14-10-9-11-17(19)3/h9-11,14,18,20H,4-8,12-13,15-16H2,1-3H3/p+1/t20-/m0/s1. The highest BCUT2D eigenvalue weighted by atomic mass is 16.5. The third-order valence-corrected chi connectivity index (χ3v) is 5.33. The highest BCUT2D eigenvalue weighted by molar-refractivity contribution is 5.28. The molecule has 0 heterocycles. The maximum Gasteiger partial charge on any atom is 0.101 e. The molecular formula is C20H34NO+. The molecule has 1 atom stereocenters. The van der Waals surface area contributed by atoms with E-state index in [0.717, 1.165) is 13.2 Å². The molecule has 1 aromatic carbocycles. The van der Waals surface area contributed by atoms with Crippen LogP contribution in [0.1, 0.15) is 63.2 Å². The van der Waals surface area contributed by atoms with Crippen molar-refractivity contribution in [2.24, 2.45) is 5.92 Å². The van der Waals surface area contributed by atoms with E-state index in [1.165, 1.54) is 56.3 Å². The fraction of sp³-hybridized carbons (Fsp3) is 0.700. The highest BCUT2D eigenvalue weighted by Gasteiger charge is 2.27. The fourth-order valence-corrected chi connectivity index (χ4v) is 3.76. The normalized spacial score (nSPS) is 17.8. The van der Waals surface area contributed by atoms with Gasteiger partial charge in [0.1, 0.15) is 6.54 Å². The summed E-state index contributed by atoms with van der Waals surface area (Å²) in [6.45, 7) is 11.1. The van der Waals surface area contributed by atoms with Gasteiger partial charge in [0.2, 0.25) is 0 Å². The first-order valence-electron chi connectivity index (χ1n) is 9.27. The van der Waals surface area contributed by atoms with Crippen LogP contribution in [0.4, 0.5) is 0 Å². The number of likely N-dealkylation sites (N-methyl/N-ethyl adjacent to an activating group) is 1. The molecule has 1 saturated carbocycles. The molecule has 0 amide bonds. The minimum atomic E-state index is 0.302. The zero-order valence-electron chi connectivity index (χ0n) is 14.7. The first kappa shape index (κ1) is 17.5. The molecule has 0 radical (unpaired) electrons. The van der Waals surface area contributed by atoms with Crippen molar-refractivity contribution in [2.45, 2.75) is 59.0 Å². The van der Waals surface area contributed by atoms with E-state index in [-0.39, 0.29) is 0 Å². The zero-order chi connectivity index (χ0) is 15.8. The van der Waals surface area contributed by atoms with Crippen LogP contribution >= 0.6 is 0 Å². The van der Waals surface area contributed by atoms with E-state index in [1.807, 2.05) is 0 Å². The number of aryl methyl sites for hydroxylation is 1. The fourth-order valence-electron chi connectivity index (χ4n) is 3.76. The lowest BCUT2D eigenvalue weighted by atomic mass is 9.81. The Morgan fingerprint density at radius 1 is 1.09 bits per heavy atom. The van der Waals surface area contributed by atoms with Crippen molar-refractivity contribution in [2.75, 3.05) is 26.2 Å². The van der Waals surface area contributed by atoms with Crippen LogP contribution in [0.5, 0.6) is 0 Å². The average molecular weight is 304 g/mol. The Morgan fingerprint density at radius 2 is 1.77 bits per heavy atom. The average Bonchev–Trinajstić information content (AvgIpc) is 2.57. The van der Waals surface area contributed by atoms with E-state index >= 15 is 0 Å². The van der Waals surface area contributed by atoms with E-state index in [1.54, 1.807) is 4.90 Å². The van der Waals surface area contributed by atoms with Crippen molar-refractivity contribution in [3.63, 3.8) is 0 Å². The van der Waals surface area contributed by atoms with Gasteiger partial charge in [-0.3, -0.25) is 0 Å². The lowest BCUT2D eigenvalue weighted by Gasteiger charge is -2.32. The topological polar surface area (TPSA) is 13.7 Å². The van der Waals surface area contributed by atoms with Gasteiger partial charge in [-0.15, -0.1) is 0 Å². The number of benzene rings is 1. The number of ether oxygens (including phenoxy) is 1. The molecule has 1 N–H and O–H groups in total. The molecule has 1 fully saturated rings. The molecular weight excluding hydrogens is 270 g/mol.